The zero-order chi connectivity index (χ0) is 14.4. The molecular weight excluding hydrogens is 252 g/mol. The molecule has 2 rings (SSSR count). The molecule has 0 radical (unpaired) electrons. The molecule has 0 atom stereocenters. The summed E-state index contributed by atoms with van der Waals surface area (Å²) in [5, 5.41) is 3.00. The Kier molecular flexibility index (Phi) is 5.41. The fourth-order valence-electron chi connectivity index (χ4n) is 2.76. The highest BCUT2D eigenvalue weighted by Crippen LogP contribution is 2.23. The summed E-state index contributed by atoms with van der Waals surface area (Å²) in [7, 11) is 3.55. The summed E-state index contributed by atoms with van der Waals surface area (Å²) in [5.74, 6) is 0. The second-order valence-electron chi connectivity index (χ2n) is 5.42. The van der Waals surface area contributed by atoms with E-state index in [1.165, 1.54) is 19.3 Å². The van der Waals surface area contributed by atoms with Gasteiger partial charge >= 0.3 is 6.03 Å². The Bertz CT molecular complexity index is 442. The van der Waals surface area contributed by atoms with Gasteiger partial charge in [0.2, 0.25) is 0 Å². The average molecular weight is 276 g/mol. The van der Waals surface area contributed by atoms with Crippen LogP contribution in [0.15, 0.2) is 24.3 Å². The molecule has 1 fully saturated rings. The smallest absolute Gasteiger partial charge is 0.321 e. The highest BCUT2D eigenvalue weighted by molar-refractivity contribution is 5.90. The lowest BCUT2D eigenvalue weighted by molar-refractivity contribution is 0.183. The largest absolute Gasteiger partial charge is 0.380 e. The number of ether oxygens (including phenoxy) is 1. The number of amides is 2. The van der Waals surface area contributed by atoms with Gasteiger partial charge in [0.15, 0.2) is 0 Å². The SMILES string of the molecule is COCc1ccccc1NC(=O)N(C)C1CCCCC1. The molecule has 0 spiro atoms. The highest BCUT2D eigenvalue weighted by Gasteiger charge is 2.22. The van der Waals surface area contributed by atoms with E-state index in [2.05, 4.69) is 5.32 Å². The van der Waals surface area contributed by atoms with Gasteiger partial charge in [-0.1, -0.05) is 37.5 Å². The number of carbonyl (C=O) groups is 1. The predicted molar refractivity (Wildman–Crippen MR) is 80.8 cm³/mol. The first-order chi connectivity index (χ1) is 9.72. The zero-order valence-corrected chi connectivity index (χ0v) is 12.4. The van der Waals surface area contributed by atoms with Gasteiger partial charge in [0, 0.05) is 31.5 Å². The highest BCUT2D eigenvalue weighted by atomic mass is 16.5. The van der Waals surface area contributed by atoms with Gasteiger partial charge in [0.25, 0.3) is 0 Å². The Morgan fingerprint density at radius 2 is 2.00 bits per heavy atom. The molecule has 0 aromatic heterocycles. The van der Waals surface area contributed by atoms with E-state index in [0.29, 0.717) is 12.6 Å². The van der Waals surface area contributed by atoms with Gasteiger partial charge in [-0.05, 0) is 18.9 Å². The molecule has 20 heavy (non-hydrogen) atoms. The lowest BCUT2D eigenvalue weighted by atomic mass is 9.95. The van der Waals surface area contributed by atoms with Crippen LogP contribution in [0.2, 0.25) is 0 Å². The first kappa shape index (κ1) is 14.9. The Hall–Kier alpha value is -1.55. The third-order valence-corrected chi connectivity index (χ3v) is 4.00. The van der Waals surface area contributed by atoms with E-state index in [0.717, 1.165) is 24.1 Å². The topological polar surface area (TPSA) is 41.6 Å². The fourth-order valence-corrected chi connectivity index (χ4v) is 2.76. The van der Waals surface area contributed by atoms with Crippen LogP contribution in [0.4, 0.5) is 10.5 Å². The Labute approximate surface area is 121 Å². The van der Waals surface area contributed by atoms with Crippen molar-refractivity contribution in [3.05, 3.63) is 29.8 Å². The summed E-state index contributed by atoms with van der Waals surface area (Å²) in [6, 6.07) is 8.11. The molecule has 2 amide bonds. The molecule has 110 valence electrons. The second kappa shape index (κ2) is 7.29. The van der Waals surface area contributed by atoms with Crippen molar-refractivity contribution in [3.8, 4) is 0 Å². The van der Waals surface area contributed by atoms with Crippen LogP contribution >= 0.6 is 0 Å². The van der Waals surface area contributed by atoms with Gasteiger partial charge in [-0.2, -0.15) is 0 Å². The number of hydrogen-bond acceptors (Lipinski definition) is 2. The molecule has 1 aliphatic rings. The minimum absolute atomic E-state index is 0.0274. The van der Waals surface area contributed by atoms with Gasteiger partial charge in [-0.3, -0.25) is 0 Å². The summed E-state index contributed by atoms with van der Waals surface area (Å²) >= 11 is 0. The van der Waals surface area contributed by atoms with Gasteiger partial charge in [-0.25, -0.2) is 4.79 Å². The molecule has 0 saturated heterocycles. The average Bonchev–Trinajstić information content (AvgIpc) is 2.49. The van der Waals surface area contributed by atoms with E-state index in [1.807, 2.05) is 36.2 Å². The van der Waals surface area contributed by atoms with E-state index in [-0.39, 0.29) is 6.03 Å². The van der Waals surface area contributed by atoms with Crippen LogP contribution in [0.5, 0.6) is 0 Å². The number of nitrogens with zero attached hydrogens (tertiary/aromatic N) is 1. The minimum Gasteiger partial charge on any atom is -0.380 e. The van der Waals surface area contributed by atoms with E-state index in [9.17, 15) is 4.79 Å². The van der Waals surface area contributed by atoms with Crippen LogP contribution < -0.4 is 5.32 Å². The summed E-state index contributed by atoms with van der Waals surface area (Å²) in [6.45, 7) is 0.504. The van der Waals surface area contributed by atoms with Crippen LogP contribution in [0.25, 0.3) is 0 Å². The predicted octanol–water partition coefficient (Wildman–Crippen LogP) is 3.63. The summed E-state index contributed by atoms with van der Waals surface area (Å²) in [5.41, 5.74) is 1.84. The first-order valence-corrected chi connectivity index (χ1v) is 7.33. The van der Waals surface area contributed by atoms with Gasteiger partial charge in [0.05, 0.1) is 6.61 Å². The summed E-state index contributed by atoms with van der Waals surface area (Å²) in [4.78, 5) is 14.2. The molecule has 1 aliphatic carbocycles. The third kappa shape index (κ3) is 3.73. The minimum atomic E-state index is -0.0274. The second-order valence-corrected chi connectivity index (χ2v) is 5.42. The first-order valence-electron chi connectivity index (χ1n) is 7.33. The van der Waals surface area contributed by atoms with Gasteiger partial charge in [-0.15, -0.1) is 0 Å². The monoisotopic (exact) mass is 276 g/mol. The maximum atomic E-state index is 12.3. The number of hydrogen-bond donors (Lipinski definition) is 1. The van der Waals surface area contributed by atoms with Crippen molar-refractivity contribution in [2.75, 3.05) is 19.5 Å². The molecular formula is C16H24N2O2. The zero-order valence-electron chi connectivity index (χ0n) is 12.4. The van der Waals surface area contributed by atoms with Crippen molar-refractivity contribution in [1.29, 1.82) is 0 Å². The number of nitrogens with one attached hydrogen (secondary N) is 1. The lowest BCUT2D eigenvalue weighted by Gasteiger charge is -2.31. The summed E-state index contributed by atoms with van der Waals surface area (Å²) in [6.07, 6.45) is 5.97. The fraction of sp³-hybridized carbons (Fsp3) is 0.562. The van der Waals surface area contributed by atoms with Crippen molar-refractivity contribution in [2.45, 2.75) is 44.8 Å². The number of benzene rings is 1. The number of urea groups is 1. The number of carbonyl (C=O) groups excluding carboxylic acids is 1. The van der Waals surface area contributed by atoms with Crippen LogP contribution in [0.1, 0.15) is 37.7 Å². The normalized spacial score (nSPS) is 15.9. The molecule has 0 heterocycles. The van der Waals surface area contributed by atoms with Gasteiger partial charge in [0.1, 0.15) is 0 Å². The maximum absolute atomic E-state index is 12.3. The van der Waals surface area contributed by atoms with Crippen molar-refractivity contribution in [1.82, 2.24) is 4.90 Å². The van der Waals surface area contributed by atoms with E-state index < -0.39 is 0 Å². The van der Waals surface area contributed by atoms with E-state index in [4.69, 9.17) is 4.74 Å². The van der Waals surface area contributed by atoms with Crippen LogP contribution in [-0.2, 0) is 11.3 Å². The molecule has 1 aromatic carbocycles. The van der Waals surface area contributed by atoms with Gasteiger partial charge < -0.3 is 15.0 Å². The number of para-hydroxylation sites is 1. The Balaban J connectivity index is 1.99. The molecule has 1 aromatic rings. The quantitative estimate of drug-likeness (QED) is 0.912. The number of anilines is 1. The number of rotatable bonds is 4. The molecule has 1 saturated carbocycles. The summed E-state index contributed by atoms with van der Waals surface area (Å²) < 4.78 is 5.16. The van der Waals surface area contributed by atoms with Crippen LogP contribution in [0, 0.1) is 0 Å². The van der Waals surface area contributed by atoms with Crippen LogP contribution in [-0.4, -0.2) is 31.1 Å². The molecule has 0 bridgehead atoms. The van der Waals surface area contributed by atoms with Crippen molar-refractivity contribution in [3.63, 3.8) is 0 Å². The van der Waals surface area contributed by atoms with E-state index >= 15 is 0 Å². The molecule has 0 aliphatic heterocycles. The van der Waals surface area contributed by atoms with Crippen LogP contribution in [0.3, 0.4) is 0 Å². The lowest BCUT2D eigenvalue weighted by Crippen LogP contribution is -2.41. The maximum Gasteiger partial charge on any atom is 0.321 e. The Morgan fingerprint density at radius 3 is 2.70 bits per heavy atom. The standard InChI is InChI=1S/C16H24N2O2/c1-18(14-9-4-3-5-10-14)16(19)17-15-11-7-6-8-13(15)12-20-2/h6-8,11,14H,3-5,9-10,12H2,1-2H3,(H,17,19). The molecule has 0 unspecified atom stereocenters. The van der Waals surface area contributed by atoms with Crippen molar-refractivity contribution in [2.24, 2.45) is 0 Å². The molecule has 1 N–H and O–H groups in total. The molecule has 4 nitrogen and oxygen atoms in total. The number of methoxy groups -OCH3 is 1. The Morgan fingerprint density at radius 1 is 1.30 bits per heavy atom. The van der Waals surface area contributed by atoms with Crippen molar-refractivity contribution < 1.29 is 9.53 Å². The third-order valence-electron chi connectivity index (χ3n) is 4.00. The van der Waals surface area contributed by atoms with E-state index in [1.54, 1.807) is 7.11 Å². The molecule has 4 heteroatoms. The van der Waals surface area contributed by atoms with Crippen molar-refractivity contribution >= 4 is 11.7 Å².